The SMILES string of the molecule is COc1ccc(CNc2cc(CN(C)C)ccn2)cc1OC. The summed E-state index contributed by atoms with van der Waals surface area (Å²) in [5.41, 5.74) is 2.34. The predicted molar refractivity (Wildman–Crippen MR) is 88.5 cm³/mol. The van der Waals surface area contributed by atoms with Gasteiger partial charge in [0.15, 0.2) is 11.5 Å². The highest BCUT2D eigenvalue weighted by Crippen LogP contribution is 2.27. The van der Waals surface area contributed by atoms with Gasteiger partial charge in [-0.25, -0.2) is 4.98 Å². The molecule has 0 unspecified atom stereocenters. The summed E-state index contributed by atoms with van der Waals surface area (Å²) in [4.78, 5) is 6.48. The number of methoxy groups -OCH3 is 2. The summed E-state index contributed by atoms with van der Waals surface area (Å²) in [5.74, 6) is 2.34. The lowest BCUT2D eigenvalue weighted by molar-refractivity contribution is 0.354. The Balaban J connectivity index is 2.03. The molecule has 118 valence electrons. The summed E-state index contributed by atoms with van der Waals surface area (Å²) in [6.07, 6.45) is 1.83. The van der Waals surface area contributed by atoms with E-state index < -0.39 is 0 Å². The standard InChI is InChI=1S/C17H23N3O2/c1-20(2)12-14-7-8-18-17(10-14)19-11-13-5-6-15(21-3)16(9-13)22-4/h5-10H,11-12H2,1-4H3,(H,18,19). The molecular weight excluding hydrogens is 278 g/mol. The van der Waals surface area contributed by atoms with Crippen LogP contribution >= 0.6 is 0 Å². The van der Waals surface area contributed by atoms with Crippen molar-refractivity contribution in [3.63, 3.8) is 0 Å². The zero-order valence-electron chi connectivity index (χ0n) is 13.6. The van der Waals surface area contributed by atoms with Crippen molar-refractivity contribution in [2.75, 3.05) is 33.6 Å². The van der Waals surface area contributed by atoms with Crippen LogP contribution in [0.2, 0.25) is 0 Å². The van der Waals surface area contributed by atoms with Gasteiger partial charge in [0.05, 0.1) is 14.2 Å². The van der Waals surface area contributed by atoms with Crippen LogP contribution in [0, 0.1) is 0 Å². The number of ether oxygens (including phenoxy) is 2. The lowest BCUT2D eigenvalue weighted by Gasteiger charge is -2.12. The lowest BCUT2D eigenvalue weighted by atomic mass is 10.2. The molecule has 1 aromatic heterocycles. The van der Waals surface area contributed by atoms with Crippen molar-refractivity contribution in [1.29, 1.82) is 0 Å². The number of hydrogen-bond donors (Lipinski definition) is 1. The van der Waals surface area contributed by atoms with Crippen molar-refractivity contribution in [2.45, 2.75) is 13.1 Å². The van der Waals surface area contributed by atoms with E-state index in [4.69, 9.17) is 9.47 Å². The van der Waals surface area contributed by atoms with E-state index in [1.807, 2.05) is 30.5 Å². The number of benzene rings is 1. The van der Waals surface area contributed by atoms with Gasteiger partial charge < -0.3 is 19.7 Å². The van der Waals surface area contributed by atoms with Crippen molar-refractivity contribution in [3.8, 4) is 11.5 Å². The van der Waals surface area contributed by atoms with Gasteiger partial charge in [0.1, 0.15) is 5.82 Å². The summed E-state index contributed by atoms with van der Waals surface area (Å²) < 4.78 is 10.6. The number of hydrogen-bond acceptors (Lipinski definition) is 5. The van der Waals surface area contributed by atoms with Crippen molar-refractivity contribution in [3.05, 3.63) is 47.7 Å². The summed E-state index contributed by atoms with van der Waals surface area (Å²) in [7, 11) is 7.38. The molecule has 0 atom stereocenters. The van der Waals surface area contributed by atoms with Gasteiger partial charge in [-0.3, -0.25) is 0 Å². The second-order valence-corrected chi connectivity index (χ2v) is 5.33. The third kappa shape index (κ3) is 4.36. The first-order valence-corrected chi connectivity index (χ1v) is 7.17. The number of rotatable bonds is 7. The van der Waals surface area contributed by atoms with E-state index >= 15 is 0 Å². The summed E-state index contributed by atoms with van der Waals surface area (Å²) >= 11 is 0. The fourth-order valence-corrected chi connectivity index (χ4v) is 2.22. The first kappa shape index (κ1) is 16.1. The molecule has 22 heavy (non-hydrogen) atoms. The highest BCUT2D eigenvalue weighted by molar-refractivity contribution is 5.45. The Hall–Kier alpha value is -2.27. The van der Waals surface area contributed by atoms with Gasteiger partial charge >= 0.3 is 0 Å². The van der Waals surface area contributed by atoms with Crippen LogP contribution in [0.1, 0.15) is 11.1 Å². The number of nitrogens with zero attached hydrogens (tertiary/aromatic N) is 2. The zero-order valence-corrected chi connectivity index (χ0v) is 13.6. The van der Waals surface area contributed by atoms with Gasteiger partial charge in [-0.05, 0) is 49.5 Å². The molecule has 2 rings (SSSR count). The quantitative estimate of drug-likeness (QED) is 0.852. The van der Waals surface area contributed by atoms with Crippen molar-refractivity contribution in [1.82, 2.24) is 9.88 Å². The van der Waals surface area contributed by atoms with Gasteiger partial charge in [-0.15, -0.1) is 0 Å². The van der Waals surface area contributed by atoms with Crippen LogP contribution in [0.15, 0.2) is 36.5 Å². The molecule has 0 bridgehead atoms. The molecule has 5 heteroatoms. The molecule has 1 N–H and O–H groups in total. The van der Waals surface area contributed by atoms with Gasteiger partial charge in [0, 0.05) is 19.3 Å². The average molecular weight is 301 g/mol. The maximum Gasteiger partial charge on any atom is 0.161 e. The number of nitrogens with one attached hydrogen (secondary N) is 1. The average Bonchev–Trinajstić information content (AvgIpc) is 2.52. The second kappa shape index (κ2) is 7.66. The van der Waals surface area contributed by atoms with Crippen LogP contribution in [-0.4, -0.2) is 38.2 Å². The molecule has 0 aliphatic heterocycles. The molecule has 0 aliphatic rings. The molecular formula is C17H23N3O2. The van der Waals surface area contributed by atoms with Crippen LogP contribution in [0.25, 0.3) is 0 Å². The summed E-state index contributed by atoms with van der Waals surface area (Å²) in [6, 6.07) is 9.99. The Labute approximate surface area is 131 Å². The van der Waals surface area contributed by atoms with Crippen LogP contribution in [0.4, 0.5) is 5.82 Å². The molecule has 1 aromatic carbocycles. The van der Waals surface area contributed by atoms with E-state index in [1.165, 1.54) is 5.56 Å². The first-order valence-electron chi connectivity index (χ1n) is 7.17. The van der Waals surface area contributed by atoms with E-state index in [0.29, 0.717) is 6.54 Å². The van der Waals surface area contributed by atoms with Crippen molar-refractivity contribution < 1.29 is 9.47 Å². The van der Waals surface area contributed by atoms with Crippen molar-refractivity contribution >= 4 is 5.82 Å². The monoisotopic (exact) mass is 301 g/mol. The summed E-state index contributed by atoms with van der Waals surface area (Å²) in [6.45, 7) is 1.58. The minimum absolute atomic E-state index is 0.679. The lowest BCUT2D eigenvalue weighted by Crippen LogP contribution is -2.11. The van der Waals surface area contributed by atoms with E-state index in [2.05, 4.69) is 35.4 Å². The molecule has 0 saturated heterocycles. The third-order valence-corrected chi connectivity index (χ3v) is 3.24. The first-order chi connectivity index (χ1) is 10.6. The molecule has 0 fully saturated rings. The van der Waals surface area contributed by atoms with E-state index in [0.717, 1.165) is 29.4 Å². The fourth-order valence-electron chi connectivity index (χ4n) is 2.22. The van der Waals surface area contributed by atoms with Crippen molar-refractivity contribution in [2.24, 2.45) is 0 Å². The second-order valence-electron chi connectivity index (χ2n) is 5.33. The van der Waals surface area contributed by atoms with E-state index in [-0.39, 0.29) is 0 Å². The Morgan fingerprint density at radius 1 is 1.00 bits per heavy atom. The maximum absolute atomic E-state index is 5.32. The largest absolute Gasteiger partial charge is 0.493 e. The Morgan fingerprint density at radius 3 is 2.45 bits per heavy atom. The van der Waals surface area contributed by atoms with E-state index in [1.54, 1.807) is 14.2 Å². The van der Waals surface area contributed by atoms with Gasteiger partial charge in [-0.1, -0.05) is 6.07 Å². The van der Waals surface area contributed by atoms with Gasteiger partial charge in [0.25, 0.3) is 0 Å². The third-order valence-electron chi connectivity index (χ3n) is 3.24. The van der Waals surface area contributed by atoms with Gasteiger partial charge in [-0.2, -0.15) is 0 Å². The molecule has 5 nitrogen and oxygen atoms in total. The Kier molecular flexibility index (Phi) is 5.61. The normalized spacial score (nSPS) is 10.6. The smallest absolute Gasteiger partial charge is 0.161 e. The Morgan fingerprint density at radius 2 is 1.77 bits per heavy atom. The zero-order chi connectivity index (χ0) is 15.9. The minimum atomic E-state index is 0.679. The maximum atomic E-state index is 5.32. The summed E-state index contributed by atoms with van der Waals surface area (Å²) in [5, 5.41) is 3.34. The molecule has 0 aliphatic carbocycles. The van der Waals surface area contributed by atoms with E-state index in [9.17, 15) is 0 Å². The predicted octanol–water partition coefficient (Wildman–Crippen LogP) is 2.77. The molecule has 0 radical (unpaired) electrons. The molecule has 0 spiro atoms. The minimum Gasteiger partial charge on any atom is -0.493 e. The molecule has 2 aromatic rings. The fraction of sp³-hybridized carbons (Fsp3) is 0.353. The number of pyridine rings is 1. The highest BCUT2D eigenvalue weighted by Gasteiger charge is 2.05. The molecule has 1 heterocycles. The van der Waals surface area contributed by atoms with Crippen LogP contribution < -0.4 is 14.8 Å². The Bertz CT molecular complexity index is 615. The topological polar surface area (TPSA) is 46.6 Å². The van der Waals surface area contributed by atoms with Crippen LogP contribution in [0.5, 0.6) is 11.5 Å². The number of aromatic nitrogens is 1. The number of anilines is 1. The van der Waals surface area contributed by atoms with Crippen LogP contribution in [0.3, 0.4) is 0 Å². The molecule has 0 saturated carbocycles. The van der Waals surface area contributed by atoms with Gasteiger partial charge in [0.2, 0.25) is 0 Å². The molecule has 0 amide bonds. The highest BCUT2D eigenvalue weighted by atomic mass is 16.5. The van der Waals surface area contributed by atoms with Crippen LogP contribution in [-0.2, 0) is 13.1 Å².